The zero-order valence-electron chi connectivity index (χ0n) is 11.0. The zero-order chi connectivity index (χ0) is 13.5. The van der Waals surface area contributed by atoms with E-state index in [4.69, 9.17) is 11.6 Å². The maximum atomic E-state index is 6.29. The second-order valence-electron chi connectivity index (χ2n) is 5.00. The van der Waals surface area contributed by atoms with Gasteiger partial charge >= 0.3 is 0 Å². The van der Waals surface area contributed by atoms with E-state index in [0.29, 0.717) is 0 Å². The predicted octanol–water partition coefficient (Wildman–Crippen LogP) is 3.54. The summed E-state index contributed by atoms with van der Waals surface area (Å²) in [5, 5.41) is 0.807. The number of hydrogen-bond donors (Lipinski definition) is 0. The second-order valence-corrected chi connectivity index (χ2v) is 5.41. The minimum absolute atomic E-state index is 0.756. The molecule has 0 amide bonds. The summed E-state index contributed by atoms with van der Waals surface area (Å²) in [5.41, 5.74) is 3.59. The normalized spacial score (nSPS) is 16.1. The van der Waals surface area contributed by atoms with Crippen LogP contribution in [0.5, 0.6) is 0 Å². The number of anilines is 2. The molecule has 100 valence electrons. The SMILES string of the molecule is Clc1ccccc1CN1C2=NCCN2c2ccccc21. The molecule has 0 aliphatic carbocycles. The van der Waals surface area contributed by atoms with Gasteiger partial charge in [-0.25, -0.2) is 0 Å². The number of guanidine groups is 1. The molecule has 0 saturated carbocycles. The molecular formula is C16H14ClN3. The molecular weight excluding hydrogens is 270 g/mol. The minimum Gasteiger partial charge on any atom is -0.308 e. The van der Waals surface area contributed by atoms with Crippen LogP contribution in [0.25, 0.3) is 0 Å². The van der Waals surface area contributed by atoms with E-state index >= 15 is 0 Å². The van der Waals surface area contributed by atoms with Crippen molar-refractivity contribution < 1.29 is 0 Å². The Morgan fingerprint density at radius 3 is 2.60 bits per heavy atom. The van der Waals surface area contributed by atoms with Crippen molar-refractivity contribution in [2.24, 2.45) is 4.99 Å². The minimum atomic E-state index is 0.756. The number of rotatable bonds is 2. The lowest BCUT2D eigenvalue weighted by Crippen LogP contribution is -2.35. The molecule has 3 nitrogen and oxygen atoms in total. The average Bonchev–Trinajstić information content (AvgIpc) is 3.04. The van der Waals surface area contributed by atoms with E-state index < -0.39 is 0 Å². The fraction of sp³-hybridized carbons (Fsp3) is 0.188. The molecule has 0 unspecified atom stereocenters. The molecule has 0 aromatic heterocycles. The first-order chi connectivity index (χ1) is 9.84. The van der Waals surface area contributed by atoms with Crippen LogP contribution in [-0.2, 0) is 6.54 Å². The Morgan fingerprint density at radius 2 is 1.75 bits per heavy atom. The van der Waals surface area contributed by atoms with Crippen molar-refractivity contribution >= 4 is 28.9 Å². The Hall–Kier alpha value is -2.00. The molecule has 0 spiro atoms. The molecule has 0 N–H and O–H groups in total. The molecule has 0 atom stereocenters. The number of aliphatic imine (C=N–C) groups is 1. The number of hydrogen-bond acceptors (Lipinski definition) is 3. The van der Waals surface area contributed by atoms with Gasteiger partial charge in [0.1, 0.15) is 0 Å². The van der Waals surface area contributed by atoms with Gasteiger partial charge in [0.2, 0.25) is 5.96 Å². The van der Waals surface area contributed by atoms with Crippen LogP contribution in [0, 0.1) is 0 Å². The van der Waals surface area contributed by atoms with Crippen LogP contribution in [0.15, 0.2) is 53.5 Å². The summed E-state index contributed by atoms with van der Waals surface area (Å²) in [7, 11) is 0. The van der Waals surface area contributed by atoms with E-state index in [2.05, 4.69) is 45.1 Å². The lowest BCUT2D eigenvalue weighted by Gasteiger charge is -2.20. The smallest absolute Gasteiger partial charge is 0.206 e. The van der Waals surface area contributed by atoms with Crippen molar-refractivity contribution in [3.8, 4) is 0 Å². The summed E-state index contributed by atoms with van der Waals surface area (Å²) in [6, 6.07) is 16.4. The summed E-state index contributed by atoms with van der Waals surface area (Å²) in [6.45, 7) is 2.58. The maximum absolute atomic E-state index is 6.29. The number of fused-ring (bicyclic) bond motifs is 3. The predicted molar refractivity (Wildman–Crippen MR) is 83.7 cm³/mol. The van der Waals surface area contributed by atoms with Crippen molar-refractivity contribution in [2.75, 3.05) is 22.9 Å². The first-order valence-electron chi connectivity index (χ1n) is 6.76. The van der Waals surface area contributed by atoms with Crippen LogP contribution < -0.4 is 9.80 Å². The molecule has 2 aliphatic rings. The van der Waals surface area contributed by atoms with Crippen LogP contribution in [-0.4, -0.2) is 19.0 Å². The molecule has 20 heavy (non-hydrogen) atoms. The summed E-state index contributed by atoms with van der Waals surface area (Å²) in [6.07, 6.45) is 0. The molecule has 0 fully saturated rings. The highest BCUT2D eigenvalue weighted by atomic mass is 35.5. The van der Waals surface area contributed by atoms with Gasteiger partial charge in [0, 0.05) is 11.6 Å². The van der Waals surface area contributed by atoms with Gasteiger partial charge in [-0.1, -0.05) is 41.9 Å². The van der Waals surface area contributed by atoms with Crippen LogP contribution in [0.1, 0.15) is 5.56 Å². The van der Waals surface area contributed by atoms with E-state index in [9.17, 15) is 0 Å². The lowest BCUT2D eigenvalue weighted by atomic mass is 10.2. The monoisotopic (exact) mass is 283 g/mol. The Balaban J connectivity index is 1.76. The fourth-order valence-electron chi connectivity index (χ4n) is 2.88. The van der Waals surface area contributed by atoms with Crippen LogP contribution in [0.2, 0.25) is 5.02 Å². The summed E-state index contributed by atoms with van der Waals surface area (Å²) in [5.74, 6) is 1.05. The lowest BCUT2D eigenvalue weighted by molar-refractivity contribution is 1.01. The molecule has 0 saturated heterocycles. The molecule has 2 aromatic rings. The van der Waals surface area contributed by atoms with E-state index in [0.717, 1.165) is 36.2 Å². The van der Waals surface area contributed by atoms with Gasteiger partial charge in [0.15, 0.2) is 0 Å². The van der Waals surface area contributed by atoms with Gasteiger partial charge in [-0.05, 0) is 23.8 Å². The van der Waals surface area contributed by atoms with E-state index in [1.807, 2.05) is 18.2 Å². The van der Waals surface area contributed by atoms with Crippen molar-refractivity contribution in [3.63, 3.8) is 0 Å². The number of nitrogens with zero attached hydrogens (tertiary/aromatic N) is 3. The highest BCUT2D eigenvalue weighted by Gasteiger charge is 2.34. The largest absolute Gasteiger partial charge is 0.308 e. The van der Waals surface area contributed by atoms with Gasteiger partial charge in [-0.15, -0.1) is 0 Å². The summed E-state index contributed by atoms with van der Waals surface area (Å²) in [4.78, 5) is 9.18. The van der Waals surface area contributed by atoms with E-state index in [-0.39, 0.29) is 0 Å². The quantitative estimate of drug-likeness (QED) is 0.839. The second kappa shape index (κ2) is 4.53. The maximum Gasteiger partial charge on any atom is 0.206 e. The highest BCUT2D eigenvalue weighted by Crippen LogP contribution is 2.39. The molecule has 2 aliphatic heterocycles. The van der Waals surface area contributed by atoms with E-state index in [1.165, 1.54) is 11.4 Å². The topological polar surface area (TPSA) is 18.8 Å². The Kier molecular flexibility index (Phi) is 2.67. The summed E-state index contributed by atoms with van der Waals surface area (Å²) < 4.78 is 0. The molecule has 4 rings (SSSR count). The van der Waals surface area contributed by atoms with Gasteiger partial charge < -0.3 is 9.80 Å². The van der Waals surface area contributed by atoms with Gasteiger partial charge in [0.25, 0.3) is 0 Å². The van der Waals surface area contributed by atoms with Crippen molar-refractivity contribution in [2.45, 2.75) is 6.54 Å². The third kappa shape index (κ3) is 1.70. The van der Waals surface area contributed by atoms with Crippen LogP contribution in [0.4, 0.5) is 11.4 Å². The van der Waals surface area contributed by atoms with Gasteiger partial charge in [0.05, 0.1) is 24.5 Å². The Labute approximate surface area is 123 Å². The first kappa shape index (κ1) is 11.8. The molecule has 0 radical (unpaired) electrons. The average molecular weight is 284 g/mol. The first-order valence-corrected chi connectivity index (χ1v) is 7.14. The molecule has 4 heteroatoms. The summed E-state index contributed by atoms with van der Waals surface area (Å²) >= 11 is 6.29. The van der Waals surface area contributed by atoms with Gasteiger partial charge in [-0.3, -0.25) is 4.99 Å². The third-order valence-corrected chi connectivity index (χ3v) is 4.18. The number of benzene rings is 2. The highest BCUT2D eigenvalue weighted by molar-refractivity contribution is 6.31. The van der Waals surface area contributed by atoms with Gasteiger partial charge in [-0.2, -0.15) is 0 Å². The zero-order valence-corrected chi connectivity index (χ0v) is 11.7. The van der Waals surface area contributed by atoms with Crippen molar-refractivity contribution in [1.29, 1.82) is 0 Å². The van der Waals surface area contributed by atoms with Crippen LogP contribution in [0.3, 0.4) is 0 Å². The van der Waals surface area contributed by atoms with E-state index in [1.54, 1.807) is 0 Å². The Bertz CT molecular complexity index is 696. The van der Waals surface area contributed by atoms with Crippen molar-refractivity contribution in [3.05, 3.63) is 59.1 Å². The molecule has 0 bridgehead atoms. The molecule has 2 aromatic carbocycles. The molecule has 2 heterocycles. The number of para-hydroxylation sites is 2. The number of halogens is 1. The third-order valence-electron chi connectivity index (χ3n) is 3.81. The van der Waals surface area contributed by atoms with Crippen LogP contribution >= 0.6 is 11.6 Å². The standard InChI is InChI=1S/C16H14ClN3/c17-13-6-2-1-5-12(13)11-20-15-8-4-3-7-14(15)19-10-9-18-16(19)20/h1-8H,9-11H2. The van der Waals surface area contributed by atoms with Crippen molar-refractivity contribution in [1.82, 2.24) is 0 Å². The Morgan fingerprint density at radius 1 is 1.00 bits per heavy atom. The fourth-order valence-corrected chi connectivity index (χ4v) is 3.07.